The van der Waals surface area contributed by atoms with E-state index in [4.69, 9.17) is 10.5 Å². The molecule has 0 aliphatic rings. The Morgan fingerprint density at radius 3 is 2.62 bits per heavy atom. The average molecular weight is 270 g/mol. The summed E-state index contributed by atoms with van der Waals surface area (Å²) < 4.78 is 0. The molecule has 1 aromatic heterocycles. The van der Waals surface area contributed by atoms with Gasteiger partial charge in [0.15, 0.2) is 0 Å². The summed E-state index contributed by atoms with van der Waals surface area (Å²) in [5.41, 5.74) is 11.3. The van der Waals surface area contributed by atoms with E-state index in [0.29, 0.717) is 5.69 Å². The number of hydrogen-bond donors (Lipinski definition) is 0. The van der Waals surface area contributed by atoms with Crippen molar-refractivity contribution in [1.29, 1.82) is 0 Å². The lowest BCUT2D eigenvalue weighted by atomic mass is 10.0. The number of azide groups is 1. The minimum Gasteiger partial charge on any atom is -0.248 e. The first-order valence-electron chi connectivity index (χ1n) is 6.63. The number of rotatable bonds is 1. The summed E-state index contributed by atoms with van der Waals surface area (Å²) in [5.74, 6) is 0. The van der Waals surface area contributed by atoms with Gasteiger partial charge in [-0.1, -0.05) is 47.6 Å². The molecule has 0 radical (unpaired) electrons. The lowest BCUT2D eigenvalue weighted by Gasteiger charge is -2.07. The van der Waals surface area contributed by atoms with Gasteiger partial charge in [0.1, 0.15) is 0 Å². The highest BCUT2D eigenvalue weighted by Crippen LogP contribution is 2.34. The van der Waals surface area contributed by atoms with Crippen molar-refractivity contribution in [3.63, 3.8) is 0 Å². The van der Waals surface area contributed by atoms with Crippen LogP contribution in [0.1, 0.15) is 0 Å². The van der Waals surface area contributed by atoms with Crippen LogP contribution in [0.2, 0.25) is 0 Å². The zero-order valence-corrected chi connectivity index (χ0v) is 11.1. The molecule has 0 atom stereocenters. The minimum absolute atomic E-state index is 0.637. The van der Waals surface area contributed by atoms with Crippen LogP contribution < -0.4 is 0 Å². The molecule has 0 fully saturated rings. The highest BCUT2D eigenvalue weighted by atomic mass is 15.1. The molecule has 0 saturated carbocycles. The molecule has 0 amide bonds. The fraction of sp³-hybridized carbons (Fsp3) is 0. The van der Waals surface area contributed by atoms with E-state index in [1.54, 1.807) is 0 Å². The second-order valence-corrected chi connectivity index (χ2v) is 4.88. The fourth-order valence-corrected chi connectivity index (χ4v) is 2.75. The van der Waals surface area contributed by atoms with E-state index < -0.39 is 0 Å². The zero-order valence-electron chi connectivity index (χ0n) is 11.1. The number of para-hydroxylation sites is 1. The smallest absolute Gasteiger partial charge is 0.0716 e. The normalized spacial score (nSPS) is 10.9. The molecule has 0 aliphatic carbocycles. The molecule has 0 saturated heterocycles. The summed E-state index contributed by atoms with van der Waals surface area (Å²) in [6.07, 6.45) is 0. The van der Waals surface area contributed by atoms with Crippen molar-refractivity contribution >= 4 is 38.3 Å². The Labute approximate surface area is 120 Å². The number of benzene rings is 3. The zero-order chi connectivity index (χ0) is 14.2. The van der Waals surface area contributed by atoms with E-state index in [-0.39, 0.29) is 0 Å². The Balaban J connectivity index is 2.26. The third-order valence-corrected chi connectivity index (χ3v) is 3.67. The van der Waals surface area contributed by atoms with Gasteiger partial charge >= 0.3 is 0 Å². The Morgan fingerprint density at radius 2 is 1.71 bits per heavy atom. The summed E-state index contributed by atoms with van der Waals surface area (Å²) in [5, 5.41) is 7.90. The Kier molecular flexibility index (Phi) is 2.49. The maximum Gasteiger partial charge on any atom is 0.0716 e. The number of fused-ring (bicyclic) bond motifs is 4. The van der Waals surface area contributed by atoms with E-state index in [0.717, 1.165) is 32.6 Å². The summed E-state index contributed by atoms with van der Waals surface area (Å²) in [6, 6.07) is 19.9. The number of aromatic nitrogens is 1. The van der Waals surface area contributed by atoms with Crippen LogP contribution in [-0.4, -0.2) is 4.98 Å². The highest BCUT2D eigenvalue weighted by Gasteiger charge is 2.07. The molecule has 0 unspecified atom stereocenters. The number of pyridine rings is 1. The van der Waals surface area contributed by atoms with Gasteiger partial charge in [0, 0.05) is 26.8 Å². The van der Waals surface area contributed by atoms with Gasteiger partial charge in [-0.25, -0.2) is 4.98 Å². The highest BCUT2D eigenvalue weighted by molar-refractivity contribution is 6.14. The van der Waals surface area contributed by atoms with Crippen molar-refractivity contribution < 1.29 is 0 Å². The molecule has 0 bridgehead atoms. The van der Waals surface area contributed by atoms with Crippen LogP contribution in [-0.2, 0) is 0 Å². The van der Waals surface area contributed by atoms with Crippen LogP contribution in [0.25, 0.3) is 43.0 Å². The predicted molar refractivity (Wildman–Crippen MR) is 85.6 cm³/mol. The molecule has 1 heterocycles. The predicted octanol–water partition coefficient (Wildman–Crippen LogP) is 5.48. The molecule has 4 aromatic rings. The van der Waals surface area contributed by atoms with E-state index in [9.17, 15) is 0 Å². The molecule has 0 N–H and O–H groups in total. The van der Waals surface area contributed by atoms with Crippen LogP contribution in [0.5, 0.6) is 0 Å². The monoisotopic (exact) mass is 270 g/mol. The van der Waals surface area contributed by atoms with E-state index in [1.807, 2.05) is 54.6 Å². The molecule has 0 aliphatic heterocycles. The average Bonchev–Trinajstić information content (AvgIpc) is 2.53. The maximum atomic E-state index is 8.77. The van der Waals surface area contributed by atoms with Gasteiger partial charge in [-0.2, -0.15) is 0 Å². The first kappa shape index (κ1) is 11.7. The number of hydrogen-bond acceptors (Lipinski definition) is 2. The van der Waals surface area contributed by atoms with Crippen molar-refractivity contribution in [1.82, 2.24) is 4.98 Å². The van der Waals surface area contributed by atoms with Gasteiger partial charge in [-0.3, -0.25) is 0 Å². The SMILES string of the molecule is [N-]=[N+]=Nc1cccc2ccc3nc4ccccc4cc3c12. The van der Waals surface area contributed by atoms with Crippen molar-refractivity contribution in [3.8, 4) is 0 Å². The van der Waals surface area contributed by atoms with Crippen LogP contribution in [0.15, 0.2) is 65.8 Å². The molecule has 4 heteroatoms. The minimum atomic E-state index is 0.637. The second-order valence-electron chi connectivity index (χ2n) is 4.88. The molecule has 4 nitrogen and oxygen atoms in total. The Hall–Kier alpha value is -3.10. The molecule has 0 spiro atoms. The van der Waals surface area contributed by atoms with Crippen LogP contribution in [0.3, 0.4) is 0 Å². The van der Waals surface area contributed by atoms with Gasteiger partial charge in [0.05, 0.1) is 11.0 Å². The van der Waals surface area contributed by atoms with Crippen molar-refractivity contribution in [3.05, 3.63) is 71.1 Å². The Bertz CT molecular complexity index is 1050. The quantitative estimate of drug-likeness (QED) is 0.148. The van der Waals surface area contributed by atoms with Gasteiger partial charge in [-0.15, -0.1) is 0 Å². The number of nitrogens with zero attached hydrogens (tertiary/aromatic N) is 4. The summed E-state index contributed by atoms with van der Waals surface area (Å²) >= 11 is 0. The summed E-state index contributed by atoms with van der Waals surface area (Å²) in [7, 11) is 0. The molecule has 4 rings (SSSR count). The molecular formula is C17H10N4. The van der Waals surface area contributed by atoms with Gasteiger partial charge in [0.2, 0.25) is 0 Å². The van der Waals surface area contributed by atoms with E-state index in [1.165, 1.54) is 0 Å². The molecule has 3 aromatic carbocycles. The van der Waals surface area contributed by atoms with Crippen molar-refractivity contribution in [2.75, 3.05) is 0 Å². The lowest BCUT2D eigenvalue weighted by molar-refractivity contribution is 1.49. The van der Waals surface area contributed by atoms with E-state index >= 15 is 0 Å². The van der Waals surface area contributed by atoms with Gasteiger partial charge < -0.3 is 0 Å². The standard InChI is InChI=1S/C17H10N4/c18-21-20-16-7-3-5-11-8-9-15-13(17(11)16)10-12-4-1-2-6-14(12)19-15/h1-10H. The van der Waals surface area contributed by atoms with Crippen molar-refractivity contribution in [2.45, 2.75) is 0 Å². The van der Waals surface area contributed by atoms with Crippen LogP contribution in [0.4, 0.5) is 5.69 Å². The molecular weight excluding hydrogens is 260 g/mol. The first-order valence-corrected chi connectivity index (χ1v) is 6.63. The third kappa shape index (κ3) is 1.78. The Morgan fingerprint density at radius 1 is 0.857 bits per heavy atom. The van der Waals surface area contributed by atoms with Gasteiger partial charge in [0.25, 0.3) is 0 Å². The largest absolute Gasteiger partial charge is 0.248 e. The first-order chi connectivity index (χ1) is 10.4. The van der Waals surface area contributed by atoms with Crippen LogP contribution >= 0.6 is 0 Å². The third-order valence-electron chi connectivity index (χ3n) is 3.67. The maximum absolute atomic E-state index is 8.77. The lowest BCUT2D eigenvalue weighted by Crippen LogP contribution is -1.84. The summed E-state index contributed by atoms with van der Waals surface area (Å²) in [4.78, 5) is 7.62. The second kappa shape index (κ2) is 4.47. The fourth-order valence-electron chi connectivity index (χ4n) is 2.75. The summed E-state index contributed by atoms with van der Waals surface area (Å²) in [6.45, 7) is 0. The van der Waals surface area contributed by atoms with Crippen LogP contribution in [0, 0.1) is 0 Å². The van der Waals surface area contributed by atoms with Crippen molar-refractivity contribution in [2.24, 2.45) is 5.11 Å². The van der Waals surface area contributed by atoms with Gasteiger partial charge in [-0.05, 0) is 29.1 Å². The van der Waals surface area contributed by atoms with E-state index in [2.05, 4.69) is 16.1 Å². The molecule has 21 heavy (non-hydrogen) atoms. The molecule has 98 valence electrons. The topological polar surface area (TPSA) is 61.7 Å².